The lowest BCUT2D eigenvalue weighted by Crippen LogP contribution is -2.42. The zero-order valence-corrected chi connectivity index (χ0v) is 10.8. The van der Waals surface area contributed by atoms with E-state index in [1.165, 1.54) is 18.1 Å². The van der Waals surface area contributed by atoms with Gasteiger partial charge in [0.2, 0.25) is 0 Å². The molecule has 2 unspecified atom stereocenters. The molecule has 1 saturated heterocycles. The molecule has 0 aromatic carbocycles. The molecule has 0 spiro atoms. The predicted octanol–water partition coefficient (Wildman–Crippen LogP) is 1.18. The fraction of sp³-hybridized carbons (Fsp3) is 1.00. The summed E-state index contributed by atoms with van der Waals surface area (Å²) >= 11 is 2.06. The standard InChI is InChI=1S/C11H24N2OS/c1-3-14-11(8-12)4-5-13-6-7-15-9-10(13)2/h10-11H,3-9,12H2,1-2H3. The average molecular weight is 232 g/mol. The van der Waals surface area contributed by atoms with E-state index >= 15 is 0 Å². The van der Waals surface area contributed by atoms with E-state index in [9.17, 15) is 0 Å². The molecule has 0 aromatic heterocycles. The summed E-state index contributed by atoms with van der Waals surface area (Å²) in [5.41, 5.74) is 5.66. The summed E-state index contributed by atoms with van der Waals surface area (Å²) in [4.78, 5) is 2.55. The Balaban J connectivity index is 2.21. The van der Waals surface area contributed by atoms with Crippen molar-refractivity contribution in [1.82, 2.24) is 4.90 Å². The smallest absolute Gasteiger partial charge is 0.0709 e. The van der Waals surface area contributed by atoms with Gasteiger partial charge >= 0.3 is 0 Å². The van der Waals surface area contributed by atoms with Crippen LogP contribution in [0.4, 0.5) is 0 Å². The maximum atomic E-state index is 5.66. The topological polar surface area (TPSA) is 38.5 Å². The Bertz CT molecular complexity index is 169. The molecule has 3 nitrogen and oxygen atoms in total. The first-order chi connectivity index (χ1) is 7.27. The lowest BCUT2D eigenvalue weighted by Gasteiger charge is -2.33. The minimum atomic E-state index is 0.247. The van der Waals surface area contributed by atoms with Crippen LogP contribution in [0.25, 0.3) is 0 Å². The van der Waals surface area contributed by atoms with Crippen molar-refractivity contribution >= 4 is 11.8 Å². The molecular weight excluding hydrogens is 208 g/mol. The van der Waals surface area contributed by atoms with Gasteiger partial charge in [-0.3, -0.25) is 4.90 Å². The van der Waals surface area contributed by atoms with E-state index < -0.39 is 0 Å². The molecule has 0 radical (unpaired) electrons. The second-order valence-corrected chi connectivity index (χ2v) is 5.21. The van der Waals surface area contributed by atoms with Crippen molar-refractivity contribution in [2.45, 2.75) is 32.4 Å². The third-order valence-corrected chi connectivity index (χ3v) is 4.10. The minimum absolute atomic E-state index is 0.247. The lowest BCUT2D eigenvalue weighted by molar-refractivity contribution is 0.0519. The number of thioether (sulfide) groups is 1. The zero-order chi connectivity index (χ0) is 11.1. The molecule has 1 rings (SSSR count). The third-order valence-electron chi connectivity index (χ3n) is 2.91. The molecule has 0 aromatic rings. The van der Waals surface area contributed by atoms with Crippen LogP contribution in [0.1, 0.15) is 20.3 Å². The van der Waals surface area contributed by atoms with Gasteiger partial charge in [0.25, 0.3) is 0 Å². The normalized spacial score (nSPS) is 25.4. The molecule has 1 fully saturated rings. The average Bonchev–Trinajstić information content (AvgIpc) is 2.26. The van der Waals surface area contributed by atoms with Crippen molar-refractivity contribution in [3.8, 4) is 0 Å². The molecule has 1 aliphatic rings. The van der Waals surface area contributed by atoms with Crippen LogP contribution in [0, 0.1) is 0 Å². The molecule has 1 heterocycles. The molecule has 2 N–H and O–H groups in total. The highest BCUT2D eigenvalue weighted by atomic mass is 32.2. The summed E-state index contributed by atoms with van der Waals surface area (Å²) in [6, 6.07) is 0.712. The van der Waals surface area contributed by atoms with Crippen molar-refractivity contribution in [1.29, 1.82) is 0 Å². The summed E-state index contributed by atoms with van der Waals surface area (Å²) in [6.45, 7) is 8.10. The van der Waals surface area contributed by atoms with Crippen LogP contribution in [-0.4, -0.2) is 54.8 Å². The van der Waals surface area contributed by atoms with E-state index in [-0.39, 0.29) is 6.10 Å². The largest absolute Gasteiger partial charge is 0.377 e. The van der Waals surface area contributed by atoms with Gasteiger partial charge in [-0.1, -0.05) is 0 Å². The van der Waals surface area contributed by atoms with Gasteiger partial charge in [-0.2, -0.15) is 11.8 Å². The number of nitrogens with two attached hydrogens (primary N) is 1. The van der Waals surface area contributed by atoms with E-state index in [1.807, 2.05) is 6.92 Å². The molecular formula is C11H24N2OS. The van der Waals surface area contributed by atoms with E-state index in [1.54, 1.807) is 0 Å². The van der Waals surface area contributed by atoms with Crippen molar-refractivity contribution in [2.24, 2.45) is 5.73 Å². The molecule has 0 aliphatic carbocycles. The Morgan fingerprint density at radius 1 is 1.60 bits per heavy atom. The molecule has 0 amide bonds. The first-order valence-electron chi connectivity index (χ1n) is 5.91. The molecule has 2 atom stereocenters. The van der Waals surface area contributed by atoms with Gasteiger partial charge in [-0.15, -0.1) is 0 Å². The molecule has 0 bridgehead atoms. The zero-order valence-electron chi connectivity index (χ0n) is 9.95. The van der Waals surface area contributed by atoms with Crippen LogP contribution in [0.2, 0.25) is 0 Å². The molecule has 4 heteroatoms. The van der Waals surface area contributed by atoms with Crippen LogP contribution in [0.5, 0.6) is 0 Å². The summed E-state index contributed by atoms with van der Waals surface area (Å²) in [7, 11) is 0. The number of hydrogen-bond donors (Lipinski definition) is 1. The summed E-state index contributed by atoms with van der Waals surface area (Å²) < 4.78 is 5.56. The number of rotatable bonds is 6. The molecule has 1 aliphatic heterocycles. The fourth-order valence-electron chi connectivity index (χ4n) is 1.91. The predicted molar refractivity (Wildman–Crippen MR) is 67.4 cm³/mol. The van der Waals surface area contributed by atoms with Crippen molar-refractivity contribution in [3.05, 3.63) is 0 Å². The first-order valence-corrected chi connectivity index (χ1v) is 7.06. The highest BCUT2D eigenvalue weighted by Gasteiger charge is 2.19. The Labute approximate surface area is 97.7 Å². The fourth-order valence-corrected chi connectivity index (χ4v) is 2.99. The summed E-state index contributed by atoms with van der Waals surface area (Å²) in [6.07, 6.45) is 1.32. The van der Waals surface area contributed by atoms with Crippen LogP contribution in [0.3, 0.4) is 0 Å². The SMILES string of the molecule is CCOC(CN)CCN1CCSCC1C. The number of ether oxygens (including phenoxy) is 1. The maximum absolute atomic E-state index is 5.66. The van der Waals surface area contributed by atoms with E-state index in [0.29, 0.717) is 12.6 Å². The van der Waals surface area contributed by atoms with Crippen molar-refractivity contribution in [3.63, 3.8) is 0 Å². The van der Waals surface area contributed by atoms with Gasteiger partial charge in [0.05, 0.1) is 6.10 Å². The Morgan fingerprint density at radius 2 is 2.40 bits per heavy atom. The van der Waals surface area contributed by atoms with E-state index in [0.717, 1.165) is 19.6 Å². The van der Waals surface area contributed by atoms with Crippen LogP contribution < -0.4 is 5.73 Å². The third kappa shape index (κ3) is 4.72. The Kier molecular flexibility index (Phi) is 6.64. The number of nitrogens with zero attached hydrogens (tertiary/aromatic N) is 1. The maximum Gasteiger partial charge on any atom is 0.0709 e. The van der Waals surface area contributed by atoms with Gasteiger partial charge in [-0.25, -0.2) is 0 Å². The van der Waals surface area contributed by atoms with Crippen LogP contribution in [0.15, 0.2) is 0 Å². The van der Waals surface area contributed by atoms with Gasteiger partial charge in [0.15, 0.2) is 0 Å². The second-order valence-electron chi connectivity index (χ2n) is 4.06. The molecule has 15 heavy (non-hydrogen) atoms. The summed E-state index contributed by atoms with van der Waals surface area (Å²) in [5, 5.41) is 0. The second kappa shape index (κ2) is 7.49. The van der Waals surface area contributed by atoms with Crippen molar-refractivity contribution in [2.75, 3.05) is 37.7 Å². The number of hydrogen-bond acceptors (Lipinski definition) is 4. The minimum Gasteiger partial charge on any atom is -0.377 e. The summed E-state index contributed by atoms with van der Waals surface area (Å²) in [5.74, 6) is 2.54. The van der Waals surface area contributed by atoms with E-state index in [2.05, 4.69) is 23.6 Å². The van der Waals surface area contributed by atoms with Gasteiger partial charge in [0.1, 0.15) is 0 Å². The van der Waals surface area contributed by atoms with Gasteiger partial charge in [-0.05, 0) is 20.3 Å². The Hall–Kier alpha value is 0.230. The molecule has 90 valence electrons. The highest BCUT2D eigenvalue weighted by molar-refractivity contribution is 7.99. The van der Waals surface area contributed by atoms with Crippen LogP contribution >= 0.6 is 11.8 Å². The molecule has 0 saturated carbocycles. The lowest BCUT2D eigenvalue weighted by atomic mass is 10.2. The first kappa shape index (κ1) is 13.3. The quantitative estimate of drug-likeness (QED) is 0.746. The Morgan fingerprint density at radius 3 is 3.00 bits per heavy atom. The monoisotopic (exact) mass is 232 g/mol. The van der Waals surface area contributed by atoms with E-state index in [4.69, 9.17) is 10.5 Å². The van der Waals surface area contributed by atoms with Gasteiger partial charge in [0, 0.05) is 43.8 Å². The van der Waals surface area contributed by atoms with Gasteiger partial charge < -0.3 is 10.5 Å². The van der Waals surface area contributed by atoms with Crippen LogP contribution in [-0.2, 0) is 4.74 Å². The van der Waals surface area contributed by atoms with Crippen molar-refractivity contribution < 1.29 is 4.74 Å². The highest BCUT2D eigenvalue weighted by Crippen LogP contribution is 2.16.